The van der Waals surface area contributed by atoms with Gasteiger partial charge in [0.2, 0.25) is 10.0 Å². The van der Waals surface area contributed by atoms with Crippen LogP contribution in [0.2, 0.25) is 0 Å². The Hall–Kier alpha value is -3.05. The van der Waals surface area contributed by atoms with Gasteiger partial charge < -0.3 is 10.0 Å². The highest BCUT2D eigenvalue weighted by Gasteiger charge is 2.36. The molecule has 11 heteroatoms. The molecule has 27 heavy (non-hydrogen) atoms. The minimum absolute atomic E-state index is 0.0918. The lowest BCUT2D eigenvalue weighted by atomic mass is 10.2. The average molecular weight is 395 g/mol. The number of nitrogens with zero attached hydrogens (tertiary/aromatic N) is 3. The minimum Gasteiger partial charge on any atom is -0.480 e. The smallest absolute Gasteiger partial charge is 0.323 e. The van der Waals surface area contributed by atoms with Crippen molar-refractivity contribution in [3.05, 3.63) is 64.0 Å². The Morgan fingerprint density at radius 2 is 2.00 bits per heavy atom. The first-order valence-electron chi connectivity index (χ1n) is 7.68. The van der Waals surface area contributed by atoms with Crippen LogP contribution in [0, 0.1) is 15.9 Å². The number of carbonyl (C=O) groups is 1. The summed E-state index contributed by atoms with van der Waals surface area (Å²) in [6.45, 7) is -0.994. The van der Waals surface area contributed by atoms with Gasteiger partial charge in [0.1, 0.15) is 17.3 Å². The third kappa shape index (κ3) is 3.73. The van der Waals surface area contributed by atoms with Crippen molar-refractivity contribution in [2.45, 2.75) is 11.4 Å². The van der Waals surface area contributed by atoms with Crippen LogP contribution in [0.25, 0.3) is 0 Å². The van der Waals surface area contributed by atoms with Crippen molar-refractivity contribution in [3.8, 4) is 0 Å². The molecule has 2 aromatic carbocycles. The second kappa shape index (κ2) is 6.93. The van der Waals surface area contributed by atoms with Crippen LogP contribution in [-0.2, 0) is 21.4 Å². The van der Waals surface area contributed by atoms with E-state index in [1.54, 1.807) is 0 Å². The Bertz CT molecular complexity index is 1030. The van der Waals surface area contributed by atoms with E-state index in [1.807, 2.05) is 0 Å². The van der Waals surface area contributed by atoms with E-state index in [4.69, 9.17) is 5.11 Å². The second-order valence-corrected chi connectivity index (χ2v) is 7.79. The predicted octanol–water partition coefficient (Wildman–Crippen LogP) is 1.79. The molecule has 9 nitrogen and oxygen atoms in total. The number of hydrogen-bond acceptors (Lipinski definition) is 6. The number of anilines is 1. The van der Waals surface area contributed by atoms with Gasteiger partial charge in [-0.3, -0.25) is 14.9 Å². The molecule has 0 atom stereocenters. The fourth-order valence-electron chi connectivity index (χ4n) is 2.84. The molecule has 1 N–H and O–H groups in total. The molecular formula is C16H14FN3O6S. The molecule has 0 aromatic heterocycles. The molecule has 0 bridgehead atoms. The molecule has 1 aliphatic rings. The van der Waals surface area contributed by atoms with Crippen LogP contribution >= 0.6 is 0 Å². The lowest BCUT2D eigenvalue weighted by Crippen LogP contribution is -2.47. The Balaban J connectivity index is 2.02. The molecule has 0 aliphatic carbocycles. The largest absolute Gasteiger partial charge is 0.480 e. The van der Waals surface area contributed by atoms with Crippen LogP contribution in [0.1, 0.15) is 5.56 Å². The molecule has 0 radical (unpaired) electrons. The van der Waals surface area contributed by atoms with Crippen LogP contribution in [0.15, 0.2) is 47.4 Å². The maximum Gasteiger partial charge on any atom is 0.323 e. The number of carboxylic acids is 1. The van der Waals surface area contributed by atoms with Gasteiger partial charge in [0.05, 0.1) is 17.3 Å². The van der Waals surface area contributed by atoms with Crippen molar-refractivity contribution in [3.63, 3.8) is 0 Å². The molecular weight excluding hydrogens is 381 g/mol. The fourth-order valence-corrected chi connectivity index (χ4v) is 4.45. The number of carboxylic acid groups (broad SMARTS) is 1. The Morgan fingerprint density at radius 3 is 2.67 bits per heavy atom. The minimum atomic E-state index is -4.12. The van der Waals surface area contributed by atoms with Crippen molar-refractivity contribution >= 4 is 27.4 Å². The molecule has 142 valence electrons. The Kier molecular flexibility index (Phi) is 4.81. The number of non-ortho nitro benzene ring substituents is 1. The number of benzene rings is 2. The van der Waals surface area contributed by atoms with Gasteiger partial charge in [-0.1, -0.05) is 12.1 Å². The first kappa shape index (κ1) is 18.7. The van der Waals surface area contributed by atoms with E-state index < -0.39 is 33.3 Å². The molecule has 0 unspecified atom stereocenters. The molecule has 1 aliphatic heterocycles. The number of sulfonamides is 1. The van der Waals surface area contributed by atoms with E-state index >= 15 is 0 Å². The zero-order valence-electron chi connectivity index (χ0n) is 13.8. The molecule has 0 spiro atoms. The summed E-state index contributed by atoms with van der Waals surface area (Å²) in [5.41, 5.74) is 0.243. The summed E-state index contributed by atoms with van der Waals surface area (Å²) in [6.07, 6.45) is 0. The number of rotatable bonds is 5. The van der Waals surface area contributed by atoms with Crippen molar-refractivity contribution < 1.29 is 27.6 Å². The highest BCUT2D eigenvalue weighted by atomic mass is 32.2. The number of halogens is 1. The number of nitro groups is 1. The van der Waals surface area contributed by atoms with Crippen molar-refractivity contribution in [1.29, 1.82) is 0 Å². The molecule has 1 heterocycles. The van der Waals surface area contributed by atoms with Crippen LogP contribution in [0.3, 0.4) is 0 Å². The summed E-state index contributed by atoms with van der Waals surface area (Å²) in [6, 6.07) is 8.56. The normalized spacial score (nSPS) is 16.0. The summed E-state index contributed by atoms with van der Waals surface area (Å²) in [7, 11) is -4.12. The van der Waals surface area contributed by atoms with Gasteiger partial charge in [0, 0.05) is 18.7 Å². The summed E-state index contributed by atoms with van der Waals surface area (Å²) >= 11 is 0. The number of fused-ring (bicyclic) bond motifs is 1. The lowest BCUT2D eigenvalue weighted by molar-refractivity contribution is -0.384. The van der Waals surface area contributed by atoms with Gasteiger partial charge in [-0.05, 0) is 23.8 Å². The summed E-state index contributed by atoms with van der Waals surface area (Å²) in [5.74, 6) is -1.95. The Morgan fingerprint density at radius 1 is 1.26 bits per heavy atom. The van der Waals surface area contributed by atoms with Crippen LogP contribution in [0.5, 0.6) is 0 Å². The van der Waals surface area contributed by atoms with Gasteiger partial charge in [0.15, 0.2) is 0 Å². The van der Waals surface area contributed by atoms with E-state index in [9.17, 15) is 27.7 Å². The zero-order chi connectivity index (χ0) is 19.8. The maximum atomic E-state index is 13.6. The SMILES string of the molecule is O=C(O)CN1CN(Cc2cccc([N+](=O)[O-])c2)S(=O)(=O)c2cc(F)ccc21. The fraction of sp³-hybridized carbons (Fsp3) is 0.188. The van der Waals surface area contributed by atoms with E-state index in [0.29, 0.717) is 5.56 Å². The summed E-state index contributed by atoms with van der Waals surface area (Å²) < 4.78 is 40.3. The lowest BCUT2D eigenvalue weighted by Gasteiger charge is -2.36. The van der Waals surface area contributed by atoms with Crippen molar-refractivity contribution in [2.75, 3.05) is 18.1 Å². The zero-order valence-corrected chi connectivity index (χ0v) is 14.6. The monoisotopic (exact) mass is 395 g/mol. The molecule has 3 rings (SSSR count). The molecule has 2 aromatic rings. The quantitative estimate of drug-likeness (QED) is 0.605. The molecule has 0 saturated carbocycles. The van der Waals surface area contributed by atoms with Crippen molar-refractivity contribution in [1.82, 2.24) is 4.31 Å². The summed E-state index contributed by atoms with van der Waals surface area (Å²) in [4.78, 5) is 22.4. The standard InChI is InChI=1S/C16H14FN3O6S/c17-12-4-5-14-15(7-12)27(25,26)19(10-18(14)9-16(21)22)8-11-2-1-3-13(6-11)20(23)24/h1-7H,8-10H2,(H,21,22). The van der Waals surface area contributed by atoms with Gasteiger partial charge in [0.25, 0.3) is 5.69 Å². The van der Waals surface area contributed by atoms with Gasteiger partial charge >= 0.3 is 5.97 Å². The maximum absolute atomic E-state index is 13.6. The second-order valence-electron chi connectivity index (χ2n) is 5.89. The van der Waals surface area contributed by atoms with Crippen LogP contribution in [-0.4, -0.2) is 41.9 Å². The average Bonchev–Trinajstić information content (AvgIpc) is 2.59. The number of aliphatic carboxylic acids is 1. The summed E-state index contributed by atoms with van der Waals surface area (Å²) in [5, 5.41) is 20.0. The van der Waals surface area contributed by atoms with E-state index in [1.165, 1.54) is 35.2 Å². The topological polar surface area (TPSA) is 121 Å². The van der Waals surface area contributed by atoms with Gasteiger partial charge in [-0.15, -0.1) is 0 Å². The first-order valence-corrected chi connectivity index (χ1v) is 9.12. The highest BCUT2D eigenvalue weighted by molar-refractivity contribution is 7.89. The highest BCUT2D eigenvalue weighted by Crippen LogP contribution is 2.34. The van der Waals surface area contributed by atoms with Crippen LogP contribution in [0.4, 0.5) is 15.8 Å². The number of hydrogen-bond donors (Lipinski definition) is 1. The van der Waals surface area contributed by atoms with Gasteiger partial charge in [-0.25, -0.2) is 12.8 Å². The molecule has 0 fully saturated rings. The first-order chi connectivity index (χ1) is 12.7. The van der Waals surface area contributed by atoms with Gasteiger partial charge in [-0.2, -0.15) is 4.31 Å². The molecule has 0 saturated heterocycles. The molecule has 0 amide bonds. The third-order valence-corrected chi connectivity index (χ3v) is 5.82. The predicted molar refractivity (Wildman–Crippen MR) is 92.1 cm³/mol. The van der Waals surface area contributed by atoms with E-state index in [-0.39, 0.29) is 29.5 Å². The third-order valence-electron chi connectivity index (χ3n) is 4.02. The van der Waals surface area contributed by atoms with Crippen molar-refractivity contribution in [2.24, 2.45) is 0 Å². The Labute approximate surface area is 153 Å². The van der Waals surface area contributed by atoms with Crippen LogP contribution < -0.4 is 4.90 Å². The number of nitro benzene ring substituents is 1. The van der Waals surface area contributed by atoms with E-state index in [0.717, 1.165) is 16.4 Å². The van der Waals surface area contributed by atoms with E-state index in [2.05, 4.69) is 0 Å².